The molecule has 0 aromatic heterocycles. The lowest BCUT2D eigenvalue weighted by atomic mass is 10.2. The zero-order chi connectivity index (χ0) is 5.28. The average molecular weight is 98.1 g/mol. The molecule has 1 saturated carbocycles. The minimum Gasteiger partial charge on any atom is -0.389 e. The standard InChI is InChI=1S/C6H10O/c1-5-3-2-4-6(5)7/h6-7H,1-4H2/t6-/m1/s1. The summed E-state index contributed by atoms with van der Waals surface area (Å²) in [6, 6.07) is 0. The van der Waals surface area contributed by atoms with Gasteiger partial charge < -0.3 is 5.11 Å². The van der Waals surface area contributed by atoms with E-state index in [-0.39, 0.29) is 6.10 Å². The maximum atomic E-state index is 8.90. The van der Waals surface area contributed by atoms with Gasteiger partial charge in [0.15, 0.2) is 0 Å². The van der Waals surface area contributed by atoms with Gasteiger partial charge in [0.1, 0.15) is 0 Å². The van der Waals surface area contributed by atoms with E-state index in [9.17, 15) is 0 Å². The van der Waals surface area contributed by atoms with Crippen LogP contribution in [0, 0.1) is 0 Å². The predicted molar refractivity (Wildman–Crippen MR) is 29.0 cm³/mol. The van der Waals surface area contributed by atoms with Crippen LogP contribution < -0.4 is 0 Å². The van der Waals surface area contributed by atoms with Crippen molar-refractivity contribution >= 4 is 0 Å². The van der Waals surface area contributed by atoms with Crippen molar-refractivity contribution in [3.8, 4) is 0 Å². The molecule has 1 aliphatic rings. The summed E-state index contributed by atoms with van der Waals surface area (Å²) in [7, 11) is 0. The van der Waals surface area contributed by atoms with E-state index >= 15 is 0 Å². The molecule has 0 radical (unpaired) electrons. The molecule has 40 valence electrons. The lowest BCUT2D eigenvalue weighted by Crippen LogP contribution is -1.98. The molecule has 1 N–H and O–H groups in total. The van der Waals surface area contributed by atoms with Crippen molar-refractivity contribution in [1.29, 1.82) is 0 Å². The Hall–Kier alpha value is -0.300. The largest absolute Gasteiger partial charge is 0.389 e. The molecular weight excluding hydrogens is 88.1 g/mol. The lowest BCUT2D eigenvalue weighted by molar-refractivity contribution is 0.218. The van der Waals surface area contributed by atoms with Gasteiger partial charge in [0.05, 0.1) is 6.10 Å². The quantitative estimate of drug-likeness (QED) is 0.449. The van der Waals surface area contributed by atoms with Gasteiger partial charge in [-0.15, -0.1) is 0 Å². The Morgan fingerprint density at radius 2 is 2.43 bits per heavy atom. The van der Waals surface area contributed by atoms with Gasteiger partial charge in [0.2, 0.25) is 0 Å². The van der Waals surface area contributed by atoms with Gasteiger partial charge in [-0.05, 0) is 24.8 Å². The maximum absolute atomic E-state index is 8.90. The summed E-state index contributed by atoms with van der Waals surface area (Å²) in [5.74, 6) is 0. The van der Waals surface area contributed by atoms with Gasteiger partial charge in [0.25, 0.3) is 0 Å². The first-order valence-electron chi connectivity index (χ1n) is 2.66. The fourth-order valence-corrected chi connectivity index (χ4v) is 0.893. The fourth-order valence-electron chi connectivity index (χ4n) is 0.893. The minimum atomic E-state index is -0.181. The highest BCUT2D eigenvalue weighted by molar-refractivity contribution is 5.06. The van der Waals surface area contributed by atoms with Gasteiger partial charge in [-0.25, -0.2) is 0 Å². The lowest BCUT2D eigenvalue weighted by Gasteiger charge is -1.96. The van der Waals surface area contributed by atoms with Crippen LogP contribution in [0.25, 0.3) is 0 Å². The molecule has 0 heterocycles. The average Bonchev–Trinajstić information content (AvgIpc) is 1.91. The minimum absolute atomic E-state index is 0.181. The molecule has 1 heteroatoms. The van der Waals surface area contributed by atoms with Gasteiger partial charge in [-0.3, -0.25) is 0 Å². The topological polar surface area (TPSA) is 20.2 Å². The molecule has 1 rings (SSSR count). The van der Waals surface area contributed by atoms with Crippen LogP contribution >= 0.6 is 0 Å². The van der Waals surface area contributed by atoms with E-state index in [1.165, 1.54) is 0 Å². The van der Waals surface area contributed by atoms with Crippen LogP contribution in [0.2, 0.25) is 0 Å². The van der Waals surface area contributed by atoms with Crippen molar-refractivity contribution in [1.82, 2.24) is 0 Å². The summed E-state index contributed by atoms with van der Waals surface area (Å²) in [5.41, 5.74) is 1.01. The van der Waals surface area contributed by atoms with Crippen LogP contribution in [-0.2, 0) is 0 Å². The highest BCUT2D eigenvalue weighted by Gasteiger charge is 2.14. The highest BCUT2D eigenvalue weighted by atomic mass is 16.3. The van der Waals surface area contributed by atoms with E-state index < -0.39 is 0 Å². The van der Waals surface area contributed by atoms with E-state index in [4.69, 9.17) is 5.11 Å². The molecular formula is C6H10O. The normalized spacial score (nSPS) is 31.6. The van der Waals surface area contributed by atoms with Gasteiger partial charge in [-0.1, -0.05) is 6.58 Å². The molecule has 0 aromatic rings. The molecule has 1 fully saturated rings. The van der Waals surface area contributed by atoms with Crippen molar-refractivity contribution in [2.45, 2.75) is 25.4 Å². The van der Waals surface area contributed by atoms with Crippen LogP contribution in [0.1, 0.15) is 19.3 Å². The Labute approximate surface area is 43.7 Å². The summed E-state index contributed by atoms with van der Waals surface area (Å²) in [5, 5.41) is 8.90. The molecule has 0 bridgehead atoms. The van der Waals surface area contributed by atoms with Crippen LogP contribution in [0.15, 0.2) is 12.2 Å². The molecule has 0 spiro atoms. The Bertz CT molecular complexity index is 86.2. The van der Waals surface area contributed by atoms with Gasteiger partial charge >= 0.3 is 0 Å². The van der Waals surface area contributed by atoms with Crippen LogP contribution in [0.5, 0.6) is 0 Å². The van der Waals surface area contributed by atoms with E-state index in [2.05, 4.69) is 6.58 Å². The molecule has 0 aliphatic heterocycles. The van der Waals surface area contributed by atoms with E-state index in [0.717, 1.165) is 24.8 Å². The maximum Gasteiger partial charge on any atom is 0.0747 e. The second-order valence-corrected chi connectivity index (χ2v) is 2.07. The third-order valence-electron chi connectivity index (χ3n) is 1.45. The summed E-state index contributed by atoms with van der Waals surface area (Å²) in [4.78, 5) is 0. The number of aliphatic hydroxyl groups excluding tert-OH is 1. The molecule has 0 amide bonds. The first kappa shape index (κ1) is 4.85. The monoisotopic (exact) mass is 98.1 g/mol. The predicted octanol–water partition coefficient (Wildman–Crippen LogP) is 1.09. The SMILES string of the molecule is C=C1CCC[C@H]1O. The Balaban J connectivity index is 2.48. The number of hydrogen-bond donors (Lipinski definition) is 1. The highest BCUT2D eigenvalue weighted by Crippen LogP contribution is 2.21. The third-order valence-corrected chi connectivity index (χ3v) is 1.45. The molecule has 0 unspecified atom stereocenters. The summed E-state index contributed by atoms with van der Waals surface area (Å²) in [6.45, 7) is 3.69. The van der Waals surface area contributed by atoms with Crippen molar-refractivity contribution in [3.63, 3.8) is 0 Å². The van der Waals surface area contributed by atoms with Gasteiger partial charge in [0, 0.05) is 0 Å². The molecule has 7 heavy (non-hydrogen) atoms. The Kier molecular flexibility index (Phi) is 1.15. The molecule has 0 saturated heterocycles. The van der Waals surface area contributed by atoms with Crippen molar-refractivity contribution in [2.75, 3.05) is 0 Å². The number of aliphatic hydroxyl groups is 1. The van der Waals surface area contributed by atoms with Crippen LogP contribution in [0.3, 0.4) is 0 Å². The second-order valence-electron chi connectivity index (χ2n) is 2.07. The van der Waals surface area contributed by atoms with Crippen LogP contribution in [-0.4, -0.2) is 11.2 Å². The summed E-state index contributed by atoms with van der Waals surface area (Å²) >= 11 is 0. The number of hydrogen-bond acceptors (Lipinski definition) is 1. The molecule has 1 atom stereocenters. The Morgan fingerprint density at radius 1 is 1.71 bits per heavy atom. The smallest absolute Gasteiger partial charge is 0.0747 e. The number of rotatable bonds is 0. The van der Waals surface area contributed by atoms with Crippen LogP contribution in [0.4, 0.5) is 0 Å². The van der Waals surface area contributed by atoms with E-state index in [1.54, 1.807) is 0 Å². The van der Waals surface area contributed by atoms with Crippen molar-refractivity contribution < 1.29 is 5.11 Å². The second kappa shape index (κ2) is 1.66. The van der Waals surface area contributed by atoms with Crippen molar-refractivity contribution in [3.05, 3.63) is 12.2 Å². The molecule has 1 aliphatic carbocycles. The zero-order valence-electron chi connectivity index (χ0n) is 4.35. The van der Waals surface area contributed by atoms with E-state index in [0.29, 0.717) is 0 Å². The van der Waals surface area contributed by atoms with E-state index in [1.807, 2.05) is 0 Å². The third kappa shape index (κ3) is 0.829. The summed E-state index contributed by atoms with van der Waals surface area (Å²) in [6.07, 6.45) is 2.90. The molecule has 0 aromatic carbocycles. The Morgan fingerprint density at radius 3 is 2.57 bits per heavy atom. The van der Waals surface area contributed by atoms with Gasteiger partial charge in [-0.2, -0.15) is 0 Å². The fraction of sp³-hybridized carbons (Fsp3) is 0.667. The zero-order valence-corrected chi connectivity index (χ0v) is 4.35. The van der Waals surface area contributed by atoms with Crippen molar-refractivity contribution in [2.24, 2.45) is 0 Å². The summed E-state index contributed by atoms with van der Waals surface area (Å²) < 4.78 is 0. The first-order valence-corrected chi connectivity index (χ1v) is 2.66. The molecule has 1 nitrogen and oxygen atoms in total. The first-order chi connectivity index (χ1) is 3.30.